The highest BCUT2D eigenvalue weighted by Crippen LogP contribution is 2.27. The lowest BCUT2D eigenvalue weighted by Gasteiger charge is -2.35. The number of aliphatic hydroxyl groups excluding tert-OH is 1. The molecule has 6 rings (SSSR count). The highest BCUT2D eigenvalue weighted by atomic mass is 16.5. The van der Waals surface area contributed by atoms with Gasteiger partial charge in [0.15, 0.2) is 5.58 Å². The lowest BCUT2D eigenvalue weighted by molar-refractivity contribution is -0.123. The maximum Gasteiger partial charge on any atom is 0.234 e. The van der Waals surface area contributed by atoms with Gasteiger partial charge in [0, 0.05) is 44.4 Å². The van der Waals surface area contributed by atoms with E-state index in [1.165, 1.54) is 10.8 Å². The van der Waals surface area contributed by atoms with Crippen LogP contribution in [0.1, 0.15) is 18.5 Å². The summed E-state index contributed by atoms with van der Waals surface area (Å²) in [5, 5.41) is 16.1. The number of aliphatic hydroxyl groups is 1. The van der Waals surface area contributed by atoms with Crippen LogP contribution in [0.25, 0.3) is 33.3 Å². The average molecular weight is 565 g/mol. The Morgan fingerprint density at radius 1 is 0.929 bits per heavy atom. The molecule has 0 aliphatic carbocycles. The molecule has 8 heteroatoms. The van der Waals surface area contributed by atoms with Crippen LogP contribution in [0.5, 0.6) is 5.75 Å². The molecule has 5 aromatic rings. The van der Waals surface area contributed by atoms with Crippen LogP contribution >= 0.6 is 0 Å². The fourth-order valence-corrected chi connectivity index (χ4v) is 5.43. The first kappa shape index (κ1) is 27.9. The number of piperazine rings is 1. The van der Waals surface area contributed by atoms with Crippen molar-refractivity contribution in [2.24, 2.45) is 0 Å². The van der Waals surface area contributed by atoms with E-state index < -0.39 is 6.10 Å². The third-order valence-electron chi connectivity index (χ3n) is 7.77. The first-order valence-corrected chi connectivity index (χ1v) is 14.5. The zero-order valence-electron chi connectivity index (χ0n) is 23.8. The van der Waals surface area contributed by atoms with Gasteiger partial charge in [-0.2, -0.15) is 0 Å². The van der Waals surface area contributed by atoms with Gasteiger partial charge in [0.25, 0.3) is 0 Å². The molecule has 0 saturated carbocycles. The molecule has 2 unspecified atom stereocenters. The summed E-state index contributed by atoms with van der Waals surface area (Å²) in [6, 6.07) is 29.8. The van der Waals surface area contributed by atoms with Crippen LogP contribution in [0.2, 0.25) is 0 Å². The Bertz CT molecular complexity index is 1650. The summed E-state index contributed by atoms with van der Waals surface area (Å²) in [7, 11) is 0. The predicted octanol–water partition coefficient (Wildman–Crippen LogP) is 4.88. The van der Waals surface area contributed by atoms with Crippen molar-refractivity contribution in [2.75, 3.05) is 45.9 Å². The number of nitrogens with one attached hydrogen (secondary N) is 1. The minimum Gasteiger partial charge on any atom is -0.491 e. The van der Waals surface area contributed by atoms with Gasteiger partial charge < -0.3 is 19.6 Å². The van der Waals surface area contributed by atoms with Crippen LogP contribution in [0.4, 0.5) is 0 Å². The largest absolute Gasteiger partial charge is 0.491 e. The quantitative estimate of drug-likeness (QED) is 0.250. The topological polar surface area (TPSA) is 91.1 Å². The van der Waals surface area contributed by atoms with Gasteiger partial charge in [-0.25, -0.2) is 4.98 Å². The number of nitrogens with zero attached hydrogens (tertiary/aromatic N) is 3. The molecule has 216 valence electrons. The second kappa shape index (κ2) is 12.7. The Morgan fingerprint density at radius 3 is 2.48 bits per heavy atom. The van der Waals surface area contributed by atoms with Crippen molar-refractivity contribution < 1.29 is 19.1 Å². The molecule has 1 saturated heterocycles. The van der Waals surface area contributed by atoms with Crippen LogP contribution in [0.15, 0.2) is 95.4 Å². The van der Waals surface area contributed by atoms with Gasteiger partial charge in [0.05, 0.1) is 12.6 Å². The lowest BCUT2D eigenvalue weighted by atomic mass is 10.0. The maximum absolute atomic E-state index is 12.8. The first-order chi connectivity index (χ1) is 20.5. The number of fused-ring (bicyclic) bond motifs is 2. The van der Waals surface area contributed by atoms with Crippen molar-refractivity contribution in [3.63, 3.8) is 0 Å². The minimum absolute atomic E-state index is 0.0255. The van der Waals surface area contributed by atoms with Gasteiger partial charge in [-0.15, -0.1) is 0 Å². The number of hydrogen-bond acceptors (Lipinski definition) is 7. The number of benzene rings is 4. The summed E-state index contributed by atoms with van der Waals surface area (Å²) in [6.07, 6.45) is -0.629. The maximum atomic E-state index is 12.8. The Kier molecular flexibility index (Phi) is 8.46. The SMILES string of the molecule is CC(NC(=O)CN1CCN(CC(O)COc2ccc3oc(-c4ccccc4)nc3c2)CC1)c1ccc2ccccc2c1. The molecule has 0 spiro atoms. The number of oxazole rings is 1. The summed E-state index contributed by atoms with van der Waals surface area (Å²) in [5.74, 6) is 1.24. The summed E-state index contributed by atoms with van der Waals surface area (Å²) >= 11 is 0. The average Bonchev–Trinajstić information content (AvgIpc) is 3.45. The number of carbonyl (C=O) groups is 1. The molecule has 1 amide bonds. The first-order valence-electron chi connectivity index (χ1n) is 14.5. The second-order valence-electron chi connectivity index (χ2n) is 11.0. The zero-order chi connectivity index (χ0) is 28.9. The number of β-amino-alcohol motifs (C(OH)–C–C–N with tert-alkyl or cyclic N) is 1. The Balaban J connectivity index is 0.926. The molecule has 0 radical (unpaired) electrons. The number of amides is 1. The number of hydrogen-bond donors (Lipinski definition) is 2. The molecule has 4 aromatic carbocycles. The molecule has 1 aliphatic heterocycles. The standard InChI is InChI=1S/C34H36N4O4/c1-24(27-12-11-25-7-5-6-10-28(25)19-27)35-33(40)22-38-17-15-37(16-18-38)21-29(39)23-41-30-13-14-32-31(20-30)36-34(42-32)26-8-3-2-4-9-26/h2-14,19-20,24,29,39H,15-18,21-23H2,1H3,(H,35,40). The van der Waals surface area contributed by atoms with Gasteiger partial charge in [-0.1, -0.05) is 54.6 Å². The molecule has 1 aromatic heterocycles. The lowest BCUT2D eigenvalue weighted by Crippen LogP contribution is -2.51. The molecule has 2 N–H and O–H groups in total. The Hall–Kier alpha value is -4.24. The molecule has 1 fully saturated rings. The van der Waals surface area contributed by atoms with Gasteiger partial charge in [0.2, 0.25) is 11.8 Å². The van der Waals surface area contributed by atoms with Crippen LogP contribution < -0.4 is 10.1 Å². The molecular formula is C34H36N4O4. The predicted molar refractivity (Wildman–Crippen MR) is 164 cm³/mol. The van der Waals surface area contributed by atoms with Crippen molar-refractivity contribution in [2.45, 2.75) is 19.1 Å². The van der Waals surface area contributed by atoms with E-state index in [-0.39, 0.29) is 18.6 Å². The molecule has 2 heterocycles. The smallest absolute Gasteiger partial charge is 0.234 e. The van der Waals surface area contributed by atoms with Crippen molar-refractivity contribution >= 4 is 27.8 Å². The fourth-order valence-electron chi connectivity index (χ4n) is 5.43. The fraction of sp³-hybridized carbons (Fsp3) is 0.294. The van der Waals surface area contributed by atoms with Crippen LogP contribution in [0.3, 0.4) is 0 Å². The van der Waals surface area contributed by atoms with Crippen LogP contribution in [-0.2, 0) is 4.79 Å². The van der Waals surface area contributed by atoms with E-state index in [1.807, 2.05) is 67.6 Å². The highest BCUT2D eigenvalue weighted by Gasteiger charge is 2.22. The highest BCUT2D eigenvalue weighted by molar-refractivity contribution is 5.83. The van der Waals surface area contributed by atoms with E-state index in [2.05, 4.69) is 50.4 Å². The van der Waals surface area contributed by atoms with Gasteiger partial charge in [-0.05, 0) is 53.6 Å². The third-order valence-corrected chi connectivity index (χ3v) is 7.77. The van der Waals surface area contributed by atoms with Crippen molar-refractivity contribution in [3.05, 3.63) is 96.6 Å². The van der Waals surface area contributed by atoms with Gasteiger partial charge in [-0.3, -0.25) is 14.6 Å². The molecule has 8 nitrogen and oxygen atoms in total. The molecule has 1 aliphatic rings. The van der Waals surface area contributed by atoms with Gasteiger partial charge in [0.1, 0.15) is 24.0 Å². The summed E-state index contributed by atoms with van der Waals surface area (Å²) in [4.78, 5) is 21.7. The number of ether oxygens (including phenoxy) is 1. The summed E-state index contributed by atoms with van der Waals surface area (Å²) < 4.78 is 11.8. The second-order valence-corrected chi connectivity index (χ2v) is 11.0. The van der Waals surface area contributed by atoms with E-state index in [9.17, 15) is 9.90 Å². The zero-order valence-corrected chi connectivity index (χ0v) is 23.8. The minimum atomic E-state index is -0.629. The molecule has 2 atom stereocenters. The van der Waals surface area contributed by atoms with Crippen molar-refractivity contribution in [3.8, 4) is 17.2 Å². The summed E-state index contributed by atoms with van der Waals surface area (Å²) in [5.41, 5.74) is 3.42. The number of rotatable bonds is 10. The number of carbonyl (C=O) groups excluding carboxylic acids is 1. The van der Waals surface area contributed by atoms with E-state index in [4.69, 9.17) is 9.15 Å². The van der Waals surface area contributed by atoms with E-state index in [0.29, 0.717) is 35.8 Å². The van der Waals surface area contributed by atoms with Crippen molar-refractivity contribution in [1.29, 1.82) is 0 Å². The monoisotopic (exact) mass is 564 g/mol. The van der Waals surface area contributed by atoms with Crippen LogP contribution in [0, 0.1) is 0 Å². The molecular weight excluding hydrogens is 528 g/mol. The Labute approximate surface area is 245 Å². The summed E-state index contributed by atoms with van der Waals surface area (Å²) in [6.45, 7) is 6.22. The third kappa shape index (κ3) is 6.79. The molecule has 42 heavy (non-hydrogen) atoms. The number of aromatic nitrogens is 1. The van der Waals surface area contributed by atoms with Crippen LogP contribution in [-0.4, -0.2) is 77.8 Å². The Morgan fingerprint density at radius 2 is 1.67 bits per heavy atom. The molecule has 0 bridgehead atoms. The van der Waals surface area contributed by atoms with Gasteiger partial charge >= 0.3 is 0 Å². The van der Waals surface area contributed by atoms with Crippen molar-refractivity contribution in [1.82, 2.24) is 20.1 Å². The van der Waals surface area contributed by atoms with E-state index in [1.54, 1.807) is 0 Å². The van der Waals surface area contributed by atoms with E-state index >= 15 is 0 Å². The van der Waals surface area contributed by atoms with E-state index in [0.717, 1.165) is 37.3 Å². The normalized spacial score (nSPS) is 16.0.